The normalized spacial score (nSPS) is 23.5. The third-order valence-corrected chi connectivity index (χ3v) is 6.54. The maximum Gasteiger partial charge on any atom is 0.325 e. The minimum absolute atomic E-state index is 0.0689. The molecule has 2 unspecified atom stereocenters. The number of imidazole rings is 1. The van der Waals surface area contributed by atoms with Gasteiger partial charge in [0.2, 0.25) is 5.28 Å². The van der Waals surface area contributed by atoms with Crippen molar-refractivity contribution < 1.29 is 29.3 Å². The first-order chi connectivity index (χ1) is 15.7. The maximum absolute atomic E-state index is 11.2. The SMILES string of the molecule is O=P(O)(O)CC[C@H]1O[C@@H](n2cnc3c(Nc4ccc5[nH]ccc5c4)nc(Cl)nc32)C(O)C1O. The Labute approximate surface area is 191 Å². The van der Waals surface area contributed by atoms with Gasteiger partial charge in [-0.3, -0.25) is 9.13 Å². The van der Waals surface area contributed by atoms with Gasteiger partial charge < -0.3 is 35.0 Å². The quantitative estimate of drug-likeness (QED) is 0.171. The van der Waals surface area contributed by atoms with Crippen LogP contribution in [0.25, 0.3) is 22.1 Å². The lowest BCUT2D eigenvalue weighted by Gasteiger charge is -2.17. The van der Waals surface area contributed by atoms with E-state index in [9.17, 15) is 14.8 Å². The number of fused-ring (bicyclic) bond motifs is 2. The van der Waals surface area contributed by atoms with Crippen LogP contribution in [0.1, 0.15) is 12.6 Å². The minimum Gasteiger partial charge on any atom is -0.388 e. The van der Waals surface area contributed by atoms with E-state index in [1.165, 1.54) is 10.9 Å². The fourth-order valence-corrected chi connectivity index (χ4v) is 4.68. The van der Waals surface area contributed by atoms with Crippen LogP contribution in [0.3, 0.4) is 0 Å². The summed E-state index contributed by atoms with van der Waals surface area (Å²) in [5, 5.41) is 25.0. The van der Waals surface area contributed by atoms with Gasteiger partial charge >= 0.3 is 7.60 Å². The van der Waals surface area contributed by atoms with Crippen molar-refractivity contribution in [3.8, 4) is 0 Å². The molecule has 14 heteroatoms. The van der Waals surface area contributed by atoms with Gasteiger partial charge in [-0.25, -0.2) is 4.98 Å². The van der Waals surface area contributed by atoms with E-state index in [0.717, 1.165) is 16.6 Å². The molecule has 1 aliphatic heterocycles. The van der Waals surface area contributed by atoms with Crippen molar-refractivity contribution in [2.24, 2.45) is 0 Å². The number of aliphatic hydroxyl groups excluding tert-OH is 2. The average Bonchev–Trinajstić information content (AvgIpc) is 3.45. The fraction of sp³-hybridized carbons (Fsp3) is 0.316. The standard InChI is InChI=1S/C19H20ClN6O6P/c20-19-24-16(23-10-1-2-11-9(7-10)3-5-21-11)13-17(25-19)26(8-22-13)18-15(28)14(27)12(32-18)4-6-33(29,30)31/h1-3,5,7-8,12,14-15,18,21,27-28H,4,6H2,(H,23,24,25)(H2,29,30,31)/t12-,14?,15?,18-/m1/s1. The second-order valence-corrected chi connectivity index (χ2v) is 9.91. The second-order valence-electron chi connectivity index (χ2n) is 7.79. The molecule has 1 saturated heterocycles. The summed E-state index contributed by atoms with van der Waals surface area (Å²) in [5.41, 5.74) is 2.34. The van der Waals surface area contributed by atoms with Crippen molar-refractivity contribution in [2.45, 2.75) is 31.0 Å². The van der Waals surface area contributed by atoms with Crippen LogP contribution in [0.4, 0.5) is 11.5 Å². The van der Waals surface area contributed by atoms with Crippen LogP contribution >= 0.6 is 19.2 Å². The summed E-state index contributed by atoms with van der Waals surface area (Å²) in [6, 6.07) is 7.64. The van der Waals surface area contributed by atoms with Gasteiger partial charge in [0, 0.05) is 22.8 Å². The summed E-state index contributed by atoms with van der Waals surface area (Å²) >= 11 is 6.15. The Morgan fingerprint density at radius 3 is 2.82 bits per heavy atom. The molecule has 6 N–H and O–H groups in total. The van der Waals surface area contributed by atoms with Crippen molar-refractivity contribution >= 4 is 52.8 Å². The van der Waals surface area contributed by atoms with Gasteiger partial charge in [-0.2, -0.15) is 9.97 Å². The molecule has 33 heavy (non-hydrogen) atoms. The Morgan fingerprint density at radius 1 is 1.21 bits per heavy atom. The number of aromatic nitrogens is 5. The van der Waals surface area contributed by atoms with E-state index >= 15 is 0 Å². The molecule has 4 heterocycles. The first-order valence-corrected chi connectivity index (χ1v) is 12.2. The van der Waals surface area contributed by atoms with Crippen LogP contribution in [0.2, 0.25) is 5.28 Å². The molecular weight excluding hydrogens is 475 g/mol. The van der Waals surface area contributed by atoms with Crippen molar-refractivity contribution in [1.82, 2.24) is 24.5 Å². The van der Waals surface area contributed by atoms with E-state index in [4.69, 9.17) is 26.1 Å². The number of nitrogens with zero attached hydrogens (tertiary/aromatic N) is 4. The zero-order valence-electron chi connectivity index (χ0n) is 16.9. The Bertz CT molecular complexity index is 1370. The molecule has 1 aromatic carbocycles. The van der Waals surface area contributed by atoms with Crippen molar-refractivity contribution in [1.29, 1.82) is 0 Å². The molecule has 3 aromatic heterocycles. The predicted molar refractivity (Wildman–Crippen MR) is 119 cm³/mol. The van der Waals surface area contributed by atoms with E-state index in [-0.39, 0.29) is 17.4 Å². The minimum atomic E-state index is -4.28. The number of anilines is 2. The van der Waals surface area contributed by atoms with Crippen molar-refractivity contribution in [3.63, 3.8) is 0 Å². The number of nitrogens with one attached hydrogen (secondary N) is 2. The Balaban J connectivity index is 1.45. The lowest BCUT2D eigenvalue weighted by molar-refractivity contribution is -0.0355. The second kappa shape index (κ2) is 8.33. The molecule has 5 rings (SSSR count). The predicted octanol–water partition coefficient (Wildman–Crippen LogP) is 1.89. The molecule has 0 bridgehead atoms. The summed E-state index contributed by atoms with van der Waals surface area (Å²) in [6.07, 6.45) is -2.17. The molecule has 0 aliphatic carbocycles. The van der Waals surface area contributed by atoms with Gasteiger partial charge in [0.15, 0.2) is 23.2 Å². The molecular formula is C19H20ClN6O6P. The number of hydrogen-bond acceptors (Lipinski definition) is 8. The van der Waals surface area contributed by atoms with Crippen LogP contribution in [0.5, 0.6) is 0 Å². The van der Waals surface area contributed by atoms with Gasteiger partial charge in [-0.15, -0.1) is 0 Å². The van der Waals surface area contributed by atoms with Crippen LogP contribution in [-0.2, 0) is 9.30 Å². The van der Waals surface area contributed by atoms with E-state index in [0.29, 0.717) is 11.3 Å². The largest absolute Gasteiger partial charge is 0.388 e. The highest BCUT2D eigenvalue weighted by molar-refractivity contribution is 7.51. The van der Waals surface area contributed by atoms with Crippen molar-refractivity contribution in [2.75, 3.05) is 11.5 Å². The lowest BCUT2D eigenvalue weighted by Crippen LogP contribution is -2.31. The molecule has 174 valence electrons. The van der Waals surface area contributed by atoms with Crippen LogP contribution in [0.15, 0.2) is 36.8 Å². The molecule has 0 spiro atoms. The molecule has 4 atom stereocenters. The van der Waals surface area contributed by atoms with Gasteiger partial charge in [0.1, 0.15) is 12.2 Å². The third-order valence-electron chi connectivity index (χ3n) is 5.53. The zero-order chi connectivity index (χ0) is 23.3. The monoisotopic (exact) mass is 494 g/mol. The van der Waals surface area contributed by atoms with Crippen molar-refractivity contribution in [3.05, 3.63) is 42.1 Å². The Hall–Kier alpha value is -2.57. The number of H-pyrrole nitrogens is 1. The summed E-state index contributed by atoms with van der Waals surface area (Å²) in [4.78, 5) is 34.1. The number of rotatable bonds is 6. The number of aromatic amines is 1. The molecule has 4 aromatic rings. The van der Waals surface area contributed by atoms with E-state index in [1.54, 1.807) is 0 Å². The summed E-state index contributed by atoms with van der Waals surface area (Å²) in [5.74, 6) is 0.338. The number of halogens is 1. The molecule has 1 fully saturated rings. The molecule has 0 amide bonds. The van der Waals surface area contributed by atoms with E-state index < -0.39 is 38.3 Å². The third kappa shape index (κ3) is 4.34. The Morgan fingerprint density at radius 2 is 2.03 bits per heavy atom. The molecule has 1 aliphatic rings. The number of ether oxygens (including phenoxy) is 1. The number of benzene rings is 1. The number of hydrogen-bond donors (Lipinski definition) is 6. The fourth-order valence-electron chi connectivity index (χ4n) is 3.92. The first-order valence-electron chi connectivity index (χ1n) is 10.00. The van der Waals surface area contributed by atoms with Crippen LogP contribution in [0, 0.1) is 0 Å². The van der Waals surface area contributed by atoms with Gasteiger partial charge in [-0.1, -0.05) is 0 Å². The lowest BCUT2D eigenvalue weighted by atomic mass is 10.1. The molecule has 0 saturated carbocycles. The number of aliphatic hydroxyl groups is 2. The average molecular weight is 495 g/mol. The highest BCUT2D eigenvalue weighted by atomic mass is 35.5. The molecule has 0 radical (unpaired) electrons. The maximum atomic E-state index is 11.2. The van der Waals surface area contributed by atoms with E-state index in [2.05, 4.69) is 25.3 Å². The summed E-state index contributed by atoms with van der Waals surface area (Å²) in [6.45, 7) is 0. The summed E-state index contributed by atoms with van der Waals surface area (Å²) < 4.78 is 18.3. The Kier molecular flexibility index (Phi) is 5.61. The zero-order valence-corrected chi connectivity index (χ0v) is 18.6. The van der Waals surface area contributed by atoms with Gasteiger partial charge in [0.05, 0.1) is 18.6 Å². The van der Waals surface area contributed by atoms with Crippen LogP contribution in [-0.4, -0.2) is 69.0 Å². The topological polar surface area (TPSA) is 179 Å². The van der Waals surface area contributed by atoms with Gasteiger partial charge in [-0.05, 0) is 42.3 Å². The molecule has 12 nitrogen and oxygen atoms in total. The summed E-state index contributed by atoms with van der Waals surface area (Å²) in [7, 11) is -4.28. The van der Waals surface area contributed by atoms with E-state index in [1.807, 2.05) is 30.5 Å². The van der Waals surface area contributed by atoms with Gasteiger partial charge in [0.25, 0.3) is 0 Å². The van der Waals surface area contributed by atoms with Crippen LogP contribution < -0.4 is 5.32 Å². The smallest absolute Gasteiger partial charge is 0.325 e. The highest BCUT2D eigenvalue weighted by Gasteiger charge is 2.44. The first kappa shape index (κ1) is 22.2. The highest BCUT2D eigenvalue weighted by Crippen LogP contribution is 2.40.